The van der Waals surface area contributed by atoms with Crippen molar-refractivity contribution < 1.29 is 13.2 Å². The Kier molecular flexibility index (Phi) is 3.65. The summed E-state index contributed by atoms with van der Waals surface area (Å²) in [5.74, 6) is 0.572. The van der Waals surface area contributed by atoms with Crippen LogP contribution in [-0.2, 0) is 6.18 Å². The van der Waals surface area contributed by atoms with Crippen molar-refractivity contribution in [3.05, 3.63) is 59.9 Å². The van der Waals surface area contributed by atoms with E-state index in [4.69, 9.17) is 0 Å². The van der Waals surface area contributed by atoms with E-state index in [1.165, 1.54) is 23.5 Å². The summed E-state index contributed by atoms with van der Waals surface area (Å²) in [5.41, 5.74) is 1.35. The summed E-state index contributed by atoms with van der Waals surface area (Å²) >= 11 is 1.35. The predicted octanol–water partition coefficient (Wildman–Crippen LogP) is 4.62. The highest BCUT2D eigenvalue weighted by atomic mass is 32.1. The van der Waals surface area contributed by atoms with Gasteiger partial charge in [0, 0.05) is 23.5 Å². The summed E-state index contributed by atoms with van der Waals surface area (Å²) in [6.07, 6.45) is 0.834. The first kappa shape index (κ1) is 15.6. The van der Waals surface area contributed by atoms with Crippen LogP contribution < -0.4 is 5.32 Å². The van der Waals surface area contributed by atoms with Crippen LogP contribution >= 0.6 is 11.3 Å². The van der Waals surface area contributed by atoms with Crippen molar-refractivity contribution in [3.63, 3.8) is 0 Å². The monoisotopic (exact) mass is 361 g/mol. The van der Waals surface area contributed by atoms with Gasteiger partial charge in [-0.05, 0) is 30.3 Å². The van der Waals surface area contributed by atoms with Crippen molar-refractivity contribution in [2.75, 3.05) is 5.32 Å². The molecule has 25 heavy (non-hydrogen) atoms. The number of rotatable bonds is 3. The molecule has 126 valence electrons. The minimum absolute atomic E-state index is 0.536. The zero-order chi connectivity index (χ0) is 17.4. The number of hydrogen-bond donors (Lipinski definition) is 1. The maximum absolute atomic E-state index is 12.6. The number of fused-ring (bicyclic) bond motifs is 1. The highest BCUT2D eigenvalue weighted by Gasteiger charge is 2.29. The van der Waals surface area contributed by atoms with E-state index in [9.17, 15) is 13.2 Å². The van der Waals surface area contributed by atoms with Gasteiger partial charge in [-0.3, -0.25) is 4.40 Å². The van der Waals surface area contributed by atoms with Crippen LogP contribution in [0.2, 0.25) is 0 Å². The van der Waals surface area contributed by atoms with Gasteiger partial charge in [-0.25, -0.2) is 15.0 Å². The first-order valence-electron chi connectivity index (χ1n) is 7.19. The third-order valence-corrected chi connectivity index (χ3v) is 4.28. The Morgan fingerprint density at radius 3 is 2.64 bits per heavy atom. The summed E-state index contributed by atoms with van der Waals surface area (Å²) in [7, 11) is 0. The second-order valence-electron chi connectivity index (χ2n) is 5.17. The van der Waals surface area contributed by atoms with Gasteiger partial charge in [-0.15, -0.1) is 11.3 Å². The standard InChI is InChI=1S/C16H10F3N5S/c17-16(18,19)10-2-4-11(5-3-10)22-15-23-12(9-25-15)13-8-21-14-20-6-1-7-24(13)14/h1-9H,(H,22,23). The van der Waals surface area contributed by atoms with E-state index in [-0.39, 0.29) is 0 Å². The lowest BCUT2D eigenvalue weighted by Gasteiger charge is -2.07. The van der Waals surface area contributed by atoms with Gasteiger partial charge in [-0.1, -0.05) is 0 Å². The van der Waals surface area contributed by atoms with E-state index in [1.54, 1.807) is 18.5 Å². The van der Waals surface area contributed by atoms with E-state index in [0.717, 1.165) is 17.8 Å². The molecule has 4 aromatic rings. The maximum Gasteiger partial charge on any atom is 0.416 e. The molecule has 0 saturated carbocycles. The minimum atomic E-state index is -4.34. The lowest BCUT2D eigenvalue weighted by atomic mass is 10.2. The van der Waals surface area contributed by atoms with Crippen LogP contribution in [0.3, 0.4) is 0 Å². The van der Waals surface area contributed by atoms with Crippen LogP contribution in [-0.4, -0.2) is 19.4 Å². The van der Waals surface area contributed by atoms with Crippen LogP contribution in [0.15, 0.2) is 54.3 Å². The Labute approximate surface area is 143 Å². The molecular formula is C16H10F3N5S. The smallest absolute Gasteiger partial charge is 0.332 e. The van der Waals surface area contributed by atoms with E-state index in [1.807, 2.05) is 16.0 Å². The topological polar surface area (TPSA) is 55.1 Å². The number of imidazole rings is 1. The molecule has 0 bridgehead atoms. The number of anilines is 2. The fourth-order valence-electron chi connectivity index (χ4n) is 2.33. The van der Waals surface area contributed by atoms with Gasteiger partial charge in [0.2, 0.25) is 5.78 Å². The molecule has 1 N–H and O–H groups in total. The highest BCUT2D eigenvalue weighted by molar-refractivity contribution is 7.14. The number of benzene rings is 1. The minimum Gasteiger partial charge on any atom is -0.332 e. The lowest BCUT2D eigenvalue weighted by molar-refractivity contribution is -0.137. The Balaban J connectivity index is 1.57. The maximum atomic E-state index is 12.6. The molecule has 0 radical (unpaired) electrons. The van der Waals surface area contributed by atoms with Crippen molar-refractivity contribution in [1.29, 1.82) is 0 Å². The quantitative estimate of drug-likeness (QED) is 0.579. The van der Waals surface area contributed by atoms with E-state index in [0.29, 0.717) is 22.3 Å². The van der Waals surface area contributed by atoms with E-state index >= 15 is 0 Å². The van der Waals surface area contributed by atoms with Gasteiger partial charge in [0.15, 0.2) is 5.13 Å². The molecule has 0 atom stereocenters. The van der Waals surface area contributed by atoms with Crippen molar-refractivity contribution in [2.24, 2.45) is 0 Å². The van der Waals surface area contributed by atoms with Crippen molar-refractivity contribution >= 4 is 27.9 Å². The summed E-state index contributed by atoms with van der Waals surface area (Å²) in [6.45, 7) is 0. The van der Waals surface area contributed by atoms with E-state index < -0.39 is 11.7 Å². The Morgan fingerprint density at radius 1 is 1.08 bits per heavy atom. The second-order valence-corrected chi connectivity index (χ2v) is 6.03. The van der Waals surface area contributed by atoms with Gasteiger partial charge >= 0.3 is 6.18 Å². The van der Waals surface area contributed by atoms with E-state index in [2.05, 4.69) is 20.3 Å². The fraction of sp³-hybridized carbons (Fsp3) is 0.0625. The summed E-state index contributed by atoms with van der Waals surface area (Å²) in [5, 5.41) is 5.44. The van der Waals surface area contributed by atoms with Crippen LogP contribution in [0, 0.1) is 0 Å². The third-order valence-electron chi connectivity index (χ3n) is 3.52. The van der Waals surface area contributed by atoms with Gasteiger partial charge < -0.3 is 5.32 Å². The van der Waals surface area contributed by atoms with Crippen LogP contribution in [0.5, 0.6) is 0 Å². The van der Waals surface area contributed by atoms with Crippen molar-refractivity contribution in [3.8, 4) is 11.4 Å². The second kappa shape index (κ2) is 5.85. The largest absolute Gasteiger partial charge is 0.416 e. The molecule has 4 rings (SSSR count). The third kappa shape index (κ3) is 3.05. The highest BCUT2D eigenvalue weighted by Crippen LogP contribution is 2.31. The molecule has 5 nitrogen and oxygen atoms in total. The summed E-state index contributed by atoms with van der Waals surface area (Å²) in [4.78, 5) is 12.8. The Bertz CT molecular complexity index is 1020. The molecule has 0 amide bonds. The number of alkyl halides is 3. The number of nitrogens with one attached hydrogen (secondary N) is 1. The SMILES string of the molecule is FC(F)(F)c1ccc(Nc2nc(-c3cnc4ncccn34)cs2)cc1. The molecule has 0 fully saturated rings. The number of aromatic nitrogens is 4. The van der Waals surface area contributed by atoms with Crippen LogP contribution in [0.25, 0.3) is 17.2 Å². The van der Waals surface area contributed by atoms with Gasteiger partial charge in [0.25, 0.3) is 0 Å². The first-order valence-corrected chi connectivity index (χ1v) is 8.07. The summed E-state index contributed by atoms with van der Waals surface area (Å²) in [6, 6.07) is 6.62. The van der Waals surface area contributed by atoms with Crippen LogP contribution in [0.1, 0.15) is 5.56 Å². The molecule has 0 saturated heterocycles. The number of halogens is 3. The van der Waals surface area contributed by atoms with Crippen molar-refractivity contribution in [2.45, 2.75) is 6.18 Å². The summed E-state index contributed by atoms with van der Waals surface area (Å²) < 4.78 is 39.6. The number of nitrogens with zero attached hydrogens (tertiary/aromatic N) is 4. The zero-order valence-electron chi connectivity index (χ0n) is 12.5. The molecule has 0 aliphatic heterocycles. The molecular weight excluding hydrogens is 351 g/mol. The Hall–Kier alpha value is -2.94. The zero-order valence-corrected chi connectivity index (χ0v) is 13.3. The number of thiazole rings is 1. The fourth-order valence-corrected chi connectivity index (χ4v) is 3.06. The normalized spacial score (nSPS) is 11.8. The predicted molar refractivity (Wildman–Crippen MR) is 88.8 cm³/mol. The average Bonchev–Trinajstić information content (AvgIpc) is 3.21. The molecule has 1 aromatic carbocycles. The number of hydrogen-bond acceptors (Lipinski definition) is 5. The average molecular weight is 361 g/mol. The molecule has 0 unspecified atom stereocenters. The van der Waals surface area contributed by atoms with Gasteiger partial charge in [0.05, 0.1) is 17.5 Å². The Morgan fingerprint density at radius 2 is 1.88 bits per heavy atom. The molecule has 0 aliphatic carbocycles. The van der Waals surface area contributed by atoms with Crippen LogP contribution in [0.4, 0.5) is 24.0 Å². The molecule has 0 spiro atoms. The molecule has 9 heteroatoms. The van der Waals surface area contributed by atoms with Crippen molar-refractivity contribution in [1.82, 2.24) is 19.4 Å². The molecule has 0 aliphatic rings. The first-order chi connectivity index (χ1) is 12.0. The molecule has 3 aromatic heterocycles. The van der Waals surface area contributed by atoms with Gasteiger partial charge in [-0.2, -0.15) is 13.2 Å². The lowest BCUT2D eigenvalue weighted by Crippen LogP contribution is -2.04. The molecule has 3 heterocycles. The van der Waals surface area contributed by atoms with Gasteiger partial charge in [0.1, 0.15) is 5.69 Å².